The van der Waals surface area contributed by atoms with Crippen molar-refractivity contribution in [3.8, 4) is 17.2 Å². The van der Waals surface area contributed by atoms with Gasteiger partial charge in [-0.25, -0.2) is 9.97 Å². The first-order valence-electron chi connectivity index (χ1n) is 8.64. The van der Waals surface area contributed by atoms with E-state index in [1.54, 1.807) is 12.4 Å². The summed E-state index contributed by atoms with van der Waals surface area (Å²) in [6.07, 6.45) is 6.97. The first kappa shape index (κ1) is 23.3. The van der Waals surface area contributed by atoms with Crippen molar-refractivity contribution in [2.24, 2.45) is 5.92 Å². The van der Waals surface area contributed by atoms with Gasteiger partial charge in [-0.1, -0.05) is 52.0 Å². The summed E-state index contributed by atoms with van der Waals surface area (Å²) in [7, 11) is 0. The van der Waals surface area contributed by atoms with E-state index in [0.717, 1.165) is 29.5 Å². The van der Waals surface area contributed by atoms with Gasteiger partial charge in [0.25, 0.3) is 0 Å². The van der Waals surface area contributed by atoms with E-state index in [-0.39, 0.29) is 18.8 Å². The molecule has 1 fully saturated rings. The Balaban J connectivity index is 0.000000949. The molecule has 1 heterocycles. The van der Waals surface area contributed by atoms with E-state index < -0.39 is 0 Å². The maximum absolute atomic E-state index is 9.48. The zero-order valence-electron chi connectivity index (χ0n) is 15.5. The van der Waals surface area contributed by atoms with E-state index in [2.05, 4.69) is 43.0 Å². The van der Waals surface area contributed by atoms with Crippen molar-refractivity contribution in [1.29, 1.82) is 5.26 Å². The van der Waals surface area contributed by atoms with Crippen molar-refractivity contribution < 1.29 is 0 Å². The minimum Gasteiger partial charge on any atom is -0.368 e. The zero-order valence-corrected chi connectivity index (χ0v) is 15.5. The molecule has 1 aliphatic rings. The zero-order chi connectivity index (χ0) is 18.9. The summed E-state index contributed by atoms with van der Waals surface area (Å²) >= 11 is 0. The predicted octanol–water partition coefficient (Wildman–Crippen LogP) is 5.77. The lowest BCUT2D eigenvalue weighted by molar-refractivity contribution is 0.529. The molecular formula is C22H32N4. The van der Waals surface area contributed by atoms with Gasteiger partial charge >= 0.3 is 0 Å². The van der Waals surface area contributed by atoms with Crippen LogP contribution in [0.3, 0.4) is 0 Å². The van der Waals surface area contributed by atoms with E-state index >= 15 is 0 Å². The highest BCUT2D eigenvalue weighted by atomic mass is 15.0. The Morgan fingerprint density at radius 2 is 1.58 bits per heavy atom. The fourth-order valence-electron chi connectivity index (χ4n) is 2.55. The maximum Gasteiger partial charge on any atom is 0.219 e. The number of rotatable bonds is 3. The molecule has 4 heteroatoms. The van der Waals surface area contributed by atoms with Crippen LogP contribution < -0.4 is 5.73 Å². The fraction of sp³-hybridized carbons (Fsp3) is 0.409. The summed E-state index contributed by atoms with van der Waals surface area (Å²) in [4.78, 5) is 7.99. The van der Waals surface area contributed by atoms with Crippen LogP contribution in [-0.4, -0.2) is 9.97 Å². The van der Waals surface area contributed by atoms with Crippen molar-refractivity contribution in [1.82, 2.24) is 9.97 Å². The van der Waals surface area contributed by atoms with E-state index in [4.69, 9.17) is 5.73 Å². The van der Waals surface area contributed by atoms with Crippen LogP contribution in [0.15, 0.2) is 49.8 Å². The Labute approximate surface area is 158 Å². The van der Waals surface area contributed by atoms with Gasteiger partial charge in [0.2, 0.25) is 5.95 Å². The Bertz CT molecular complexity index is 682. The SMILES string of the molecule is C.C=C.CCC.C[C@](C#N)(c1ccc(-c2cnc(N)nc2)cc1)C1CC1. The van der Waals surface area contributed by atoms with Crippen LogP contribution in [-0.2, 0) is 5.41 Å². The fourth-order valence-corrected chi connectivity index (χ4v) is 2.55. The van der Waals surface area contributed by atoms with E-state index in [0.29, 0.717) is 5.92 Å². The third-order valence-electron chi connectivity index (χ3n) is 4.12. The molecule has 0 spiro atoms. The van der Waals surface area contributed by atoms with Crippen LogP contribution in [0.1, 0.15) is 53.0 Å². The number of benzene rings is 1. The van der Waals surface area contributed by atoms with Crippen LogP contribution in [0.2, 0.25) is 0 Å². The van der Waals surface area contributed by atoms with Gasteiger partial charge in [-0.05, 0) is 36.8 Å². The summed E-state index contributed by atoms with van der Waals surface area (Å²) in [6.45, 7) is 12.3. The average Bonchev–Trinajstić information content (AvgIpc) is 3.50. The molecule has 0 unspecified atom stereocenters. The van der Waals surface area contributed by atoms with Crippen molar-refractivity contribution in [2.75, 3.05) is 5.73 Å². The summed E-state index contributed by atoms with van der Waals surface area (Å²) in [5.41, 5.74) is 8.17. The quantitative estimate of drug-likeness (QED) is 0.711. The number of nitrogens with zero attached hydrogens (tertiary/aromatic N) is 3. The molecule has 0 bridgehead atoms. The molecule has 1 aromatic heterocycles. The Morgan fingerprint density at radius 1 is 1.12 bits per heavy atom. The number of anilines is 1. The molecule has 1 aromatic carbocycles. The third kappa shape index (κ3) is 5.70. The summed E-state index contributed by atoms with van der Waals surface area (Å²) < 4.78 is 0. The molecule has 0 aliphatic heterocycles. The number of nitriles is 1. The maximum atomic E-state index is 9.48. The molecule has 0 radical (unpaired) electrons. The van der Waals surface area contributed by atoms with Gasteiger partial charge in [0, 0.05) is 18.0 Å². The van der Waals surface area contributed by atoms with Crippen LogP contribution in [0.4, 0.5) is 5.95 Å². The van der Waals surface area contributed by atoms with Crippen LogP contribution in [0.25, 0.3) is 11.1 Å². The van der Waals surface area contributed by atoms with Crippen molar-refractivity contribution in [3.63, 3.8) is 0 Å². The lowest BCUT2D eigenvalue weighted by atomic mass is 9.79. The normalized spacial score (nSPS) is 14.1. The molecule has 1 aliphatic carbocycles. The molecule has 3 rings (SSSR count). The Hall–Kier alpha value is -2.67. The number of nitrogen functional groups attached to an aromatic ring is 1. The third-order valence-corrected chi connectivity index (χ3v) is 4.12. The first-order valence-corrected chi connectivity index (χ1v) is 8.64. The van der Waals surface area contributed by atoms with Crippen molar-refractivity contribution in [2.45, 2.75) is 52.9 Å². The molecule has 26 heavy (non-hydrogen) atoms. The molecule has 1 saturated carbocycles. The van der Waals surface area contributed by atoms with Gasteiger partial charge in [-0.2, -0.15) is 5.26 Å². The van der Waals surface area contributed by atoms with Gasteiger partial charge in [0.15, 0.2) is 0 Å². The van der Waals surface area contributed by atoms with E-state index in [1.807, 2.05) is 31.2 Å². The summed E-state index contributed by atoms with van der Waals surface area (Å²) in [5, 5.41) is 9.48. The number of nitrogens with two attached hydrogens (primary N) is 1. The summed E-state index contributed by atoms with van der Waals surface area (Å²) in [6, 6.07) is 10.6. The lowest BCUT2D eigenvalue weighted by Gasteiger charge is -2.21. The Kier molecular flexibility index (Phi) is 9.91. The topological polar surface area (TPSA) is 75.6 Å². The van der Waals surface area contributed by atoms with Crippen molar-refractivity contribution in [3.05, 3.63) is 55.4 Å². The highest BCUT2D eigenvalue weighted by molar-refractivity contribution is 5.62. The molecule has 0 amide bonds. The second-order valence-electron chi connectivity index (χ2n) is 6.20. The Morgan fingerprint density at radius 3 is 1.96 bits per heavy atom. The second-order valence-corrected chi connectivity index (χ2v) is 6.20. The van der Waals surface area contributed by atoms with Gasteiger partial charge in [0.1, 0.15) is 0 Å². The molecule has 1 atom stereocenters. The number of hydrogen-bond donors (Lipinski definition) is 1. The molecule has 2 aromatic rings. The molecule has 140 valence electrons. The minimum absolute atomic E-state index is 0. The number of hydrogen-bond acceptors (Lipinski definition) is 4. The molecule has 4 nitrogen and oxygen atoms in total. The lowest BCUT2D eigenvalue weighted by Crippen LogP contribution is -2.22. The smallest absolute Gasteiger partial charge is 0.219 e. The van der Waals surface area contributed by atoms with Gasteiger partial charge < -0.3 is 5.73 Å². The van der Waals surface area contributed by atoms with Crippen LogP contribution in [0, 0.1) is 17.2 Å². The van der Waals surface area contributed by atoms with Crippen LogP contribution >= 0.6 is 0 Å². The molecule has 2 N–H and O–H groups in total. The standard InChI is InChI=1S/C16H16N4.C3H8.C2H4.CH4/c1-16(10-17,14-6-7-14)13-4-2-11(3-5-13)12-8-19-15(18)20-9-12;1-3-2;1-2;/h2-5,8-9,14H,6-7H2,1H3,(H2,18,19,20);3H2,1-2H3;1-2H2;1H4/t16-;;;/m0.../s1. The first-order chi connectivity index (χ1) is 12.0. The average molecular weight is 353 g/mol. The number of aromatic nitrogens is 2. The second kappa shape index (κ2) is 11.0. The molecular weight excluding hydrogens is 320 g/mol. The monoisotopic (exact) mass is 352 g/mol. The van der Waals surface area contributed by atoms with E-state index in [9.17, 15) is 5.26 Å². The van der Waals surface area contributed by atoms with E-state index in [1.165, 1.54) is 6.42 Å². The highest BCUT2D eigenvalue weighted by Gasteiger charge is 2.43. The largest absolute Gasteiger partial charge is 0.368 e. The summed E-state index contributed by atoms with van der Waals surface area (Å²) in [5.74, 6) is 0.773. The van der Waals surface area contributed by atoms with Gasteiger partial charge in [-0.15, -0.1) is 13.2 Å². The predicted molar refractivity (Wildman–Crippen MR) is 112 cm³/mol. The van der Waals surface area contributed by atoms with Gasteiger partial charge in [0.05, 0.1) is 11.5 Å². The highest BCUT2D eigenvalue weighted by Crippen LogP contribution is 2.47. The van der Waals surface area contributed by atoms with Gasteiger partial charge in [-0.3, -0.25) is 0 Å². The minimum atomic E-state index is -0.365. The van der Waals surface area contributed by atoms with Crippen molar-refractivity contribution >= 4 is 5.95 Å². The molecule has 0 saturated heterocycles. The van der Waals surface area contributed by atoms with Crippen LogP contribution in [0.5, 0.6) is 0 Å².